The molecule has 158 valence electrons. The van der Waals surface area contributed by atoms with E-state index >= 15 is 0 Å². The predicted octanol–water partition coefficient (Wildman–Crippen LogP) is 4.74. The molecule has 0 radical (unpaired) electrons. The molecule has 3 aromatic carbocycles. The number of nitrogens with zero attached hydrogens (tertiary/aromatic N) is 2. The summed E-state index contributed by atoms with van der Waals surface area (Å²) in [5, 5.41) is 0. The van der Waals surface area contributed by atoms with Gasteiger partial charge in [0.25, 0.3) is 0 Å². The van der Waals surface area contributed by atoms with Crippen LogP contribution in [0, 0.1) is 6.92 Å². The first kappa shape index (κ1) is 20.3. The third kappa shape index (κ3) is 3.75. The van der Waals surface area contributed by atoms with Crippen molar-refractivity contribution >= 4 is 31.7 Å². The van der Waals surface area contributed by atoms with Crippen molar-refractivity contribution in [3.8, 4) is 33.9 Å². The second-order valence-electron chi connectivity index (χ2n) is 8.03. The van der Waals surface area contributed by atoms with Crippen molar-refractivity contribution in [3.63, 3.8) is 0 Å². The van der Waals surface area contributed by atoms with Crippen LogP contribution in [0.3, 0.4) is 0 Å². The Labute approximate surface area is 201 Å². The van der Waals surface area contributed by atoms with Gasteiger partial charge < -0.3 is 0 Å². The number of ether oxygens (including phenoxy) is 1. The van der Waals surface area contributed by atoms with E-state index in [9.17, 15) is 0 Å². The van der Waals surface area contributed by atoms with Crippen LogP contribution in [0.25, 0.3) is 22.3 Å². The zero-order chi connectivity index (χ0) is 22.2. The van der Waals surface area contributed by atoms with Gasteiger partial charge in [-0.2, -0.15) is 0 Å². The van der Waals surface area contributed by atoms with E-state index in [1.54, 1.807) is 6.20 Å². The first-order chi connectivity index (χ1) is 16.3. The van der Waals surface area contributed by atoms with Gasteiger partial charge in [0.2, 0.25) is 0 Å². The fourth-order valence-corrected chi connectivity index (χ4v) is 14.9. The molecular formula is C29H21BiN2O. The summed E-state index contributed by atoms with van der Waals surface area (Å²) in [4.78, 5) is 9.16. The maximum absolute atomic E-state index is 5.98. The van der Waals surface area contributed by atoms with E-state index in [-0.39, 0.29) is 0 Å². The number of pyridine rings is 2. The van der Waals surface area contributed by atoms with Crippen LogP contribution in [0.15, 0.2) is 109 Å². The summed E-state index contributed by atoms with van der Waals surface area (Å²) >= 11 is -2.48. The van der Waals surface area contributed by atoms with Crippen molar-refractivity contribution in [2.75, 3.05) is 0 Å². The molecule has 0 amide bonds. The minimum absolute atomic E-state index is 0.598. The van der Waals surface area contributed by atoms with Crippen molar-refractivity contribution in [3.05, 3.63) is 115 Å². The molecule has 0 fully saturated rings. The van der Waals surface area contributed by atoms with Crippen molar-refractivity contribution < 1.29 is 4.74 Å². The normalized spacial score (nSPS) is 12.3. The number of fused-ring (bicyclic) bond motifs is 3. The van der Waals surface area contributed by atoms with Crippen LogP contribution < -0.4 is 14.7 Å². The van der Waals surface area contributed by atoms with E-state index < -0.39 is 21.8 Å². The van der Waals surface area contributed by atoms with Crippen LogP contribution in [0.2, 0.25) is 0 Å². The summed E-state index contributed by atoms with van der Waals surface area (Å²) in [6.45, 7) is 2.19. The zero-order valence-corrected chi connectivity index (χ0v) is 21.6. The number of hydrogen-bond acceptors (Lipinski definition) is 3. The number of hydrogen-bond donors (Lipinski definition) is 0. The van der Waals surface area contributed by atoms with Crippen molar-refractivity contribution in [2.24, 2.45) is 0 Å². The van der Waals surface area contributed by atoms with Gasteiger partial charge in [0, 0.05) is 0 Å². The van der Waals surface area contributed by atoms with E-state index in [4.69, 9.17) is 9.72 Å². The van der Waals surface area contributed by atoms with Gasteiger partial charge in [-0.15, -0.1) is 0 Å². The van der Waals surface area contributed by atoms with Crippen molar-refractivity contribution in [2.45, 2.75) is 6.92 Å². The van der Waals surface area contributed by atoms with Gasteiger partial charge in [-0.3, -0.25) is 0 Å². The Morgan fingerprint density at radius 3 is 2.33 bits per heavy atom. The third-order valence-electron chi connectivity index (χ3n) is 5.89. The monoisotopic (exact) mass is 622 g/mol. The molecule has 0 bridgehead atoms. The Morgan fingerprint density at radius 1 is 0.636 bits per heavy atom. The van der Waals surface area contributed by atoms with E-state index in [2.05, 4.69) is 72.6 Å². The van der Waals surface area contributed by atoms with E-state index in [1.165, 1.54) is 32.2 Å². The van der Waals surface area contributed by atoms with Crippen LogP contribution in [-0.4, -0.2) is 31.7 Å². The number of rotatable bonds is 4. The van der Waals surface area contributed by atoms with Gasteiger partial charge >= 0.3 is 202 Å². The summed E-state index contributed by atoms with van der Waals surface area (Å²) in [7, 11) is 0. The molecular weight excluding hydrogens is 601 g/mol. The first-order valence-corrected chi connectivity index (χ1v) is 16.1. The molecule has 0 unspecified atom stereocenters. The molecule has 0 saturated carbocycles. The molecule has 3 nitrogen and oxygen atoms in total. The number of benzene rings is 3. The van der Waals surface area contributed by atoms with Crippen LogP contribution in [-0.2, 0) is 0 Å². The Kier molecular flexibility index (Phi) is 5.24. The summed E-state index contributed by atoms with van der Waals surface area (Å²) in [5.74, 6) is 1.38. The van der Waals surface area contributed by atoms with Gasteiger partial charge in [-0.1, -0.05) is 0 Å². The van der Waals surface area contributed by atoms with Crippen LogP contribution in [0.1, 0.15) is 5.56 Å². The zero-order valence-electron chi connectivity index (χ0n) is 18.1. The van der Waals surface area contributed by atoms with Gasteiger partial charge in [0.05, 0.1) is 0 Å². The van der Waals surface area contributed by atoms with Gasteiger partial charge in [-0.05, 0) is 0 Å². The van der Waals surface area contributed by atoms with E-state index in [0.717, 1.165) is 11.3 Å². The molecule has 0 atom stereocenters. The molecule has 0 saturated heterocycles. The number of aryl methyl sites for hydroxylation is 1. The Hall–Kier alpha value is -3.36. The summed E-state index contributed by atoms with van der Waals surface area (Å²) < 4.78 is 10.3. The fraction of sp³-hybridized carbons (Fsp3) is 0.0345. The molecule has 6 rings (SSSR count). The molecule has 1 aliphatic rings. The molecule has 33 heavy (non-hydrogen) atoms. The average molecular weight is 622 g/mol. The number of aromatic nitrogens is 2. The Morgan fingerprint density at radius 2 is 1.45 bits per heavy atom. The summed E-state index contributed by atoms with van der Waals surface area (Å²) in [5.41, 5.74) is 6.41. The molecule has 0 spiro atoms. The van der Waals surface area contributed by atoms with Crippen LogP contribution in [0.5, 0.6) is 11.6 Å². The first-order valence-electron chi connectivity index (χ1n) is 10.9. The Bertz CT molecular complexity index is 1470. The third-order valence-corrected chi connectivity index (χ3v) is 16.1. The molecule has 0 aliphatic carbocycles. The second kappa shape index (κ2) is 8.53. The van der Waals surface area contributed by atoms with Crippen molar-refractivity contribution in [1.29, 1.82) is 0 Å². The molecule has 0 N–H and O–H groups in total. The quantitative estimate of drug-likeness (QED) is 0.267. The molecule has 4 heteroatoms. The van der Waals surface area contributed by atoms with Crippen LogP contribution in [0.4, 0.5) is 0 Å². The Balaban J connectivity index is 1.44. The predicted molar refractivity (Wildman–Crippen MR) is 135 cm³/mol. The summed E-state index contributed by atoms with van der Waals surface area (Å²) in [6.07, 6.45) is 3.68. The standard InChI is InChI=1S/C23H15NO.C6H6N.Bi/c1-2-7-18(8-3-1)19-12-14-20(15-13-19)21-9-6-10-22(17-21)25-23-11-4-5-16-24-23;1-6-3-2-4-7-5-6;/h1-7,9-12,14-17H;2-4H,1H3;. The van der Waals surface area contributed by atoms with Crippen molar-refractivity contribution in [1.82, 2.24) is 9.97 Å². The molecule has 5 aromatic rings. The maximum atomic E-state index is 5.98. The van der Waals surface area contributed by atoms with Crippen LogP contribution >= 0.6 is 0 Å². The summed E-state index contributed by atoms with van der Waals surface area (Å²) in [6, 6.07) is 34.0. The fourth-order valence-electron chi connectivity index (χ4n) is 4.36. The molecule has 2 aromatic heterocycles. The van der Waals surface area contributed by atoms with Gasteiger partial charge in [-0.25, -0.2) is 0 Å². The molecule has 1 aliphatic heterocycles. The van der Waals surface area contributed by atoms with Gasteiger partial charge in [0.15, 0.2) is 0 Å². The topological polar surface area (TPSA) is 35.0 Å². The average Bonchev–Trinajstić information content (AvgIpc) is 3.19. The van der Waals surface area contributed by atoms with E-state index in [1.807, 2.05) is 42.6 Å². The SMILES string of the molecule is Cc1cccn[c]1[Bi]1[c]2ccccc2-c2ccc(-c3cccc(Oc4ccccn4)c3)c[c]21. The van der Waals surface area contributed by atoms with Gasteiger partial charge in [0.1, 0.15) is 0 Å². The molecule has 3 heterocycles. The van der Waals surface area contributed by atoms with E-state index in [0.29, 0.717) is 5.88 Å². The minimum atomic E-state index is -2.48. The second-order valence-corrected chi connectivity index (χ2v) is 16.0.